The van der Waals surface area contributed by atoms with Crippen LogP contribution in [0.25, 0.3) is 0 Å². The van der Waals surface area contributed by atoms with Gasteiger partial charge in [-0.05, 0) is 38.1 Å². The molecule has 1 N–H and O–H groups in total. The van der Waals surface area contributed by atoms with E-state index in [0.29, 0.717) is 0 Å². The van der Waals surface area contributed by atoms with E-state index in [4.69, 9.17) is 0 Å². The largest absolute Gasteiger partial charge is 0.314 e. The molecule has 1 saturated carbocycles. The van der Waals surface area contributed by atoms with E-state index in [1.807, 2.05) is 6.08 Å². The third kappa shape index (κ3) is 3.06. The molecule has 0 amide bonds. The summed E-state index contributed by atoms with van der Waals surface area (Å²) in [4.78, 5) is 0. The summed E-state index contributed by atoms with van der Waals surface area (Å²) in [6.07, 6.45) is 7.34. The predicted molar refractivity (Wildman–Crippen MR) is 49.6 cm³/mol. The minimum absolute atomic E-state index is 0.776. The van der Waals surface area contributed by atoms with Crippen LogP contribution < -0.4 is 5.32 Å². The summed E-state index contributed by atoms with van der Waals surface area (Å²) >= 11 is 0. The van der Waals surface area contributed by atoms with Crippen LogP contribution in [0.3, 0.4) is 0 Å². The van der Waals surface area contributed by atoms with Crippen molar-refractivity contribution in [3.05, 3.63) is 12.7 Å². The van der Waals surface area contributed by atoms with Crippen LogP contribution in [0, 0.1) is 5.92 Å². The number of nitrogens with one attached hydrogen (secondary N) is 1. The second kappa shape index (κ2) is 4.55. The van der Waals surface area contributed by atoms with Crippen molar-refractivity contribution in [1.82, 2.24) is 5.32 Å². The molecule has 0 radical (unpaired) electrons. The number of rotatable bonds is 6. The van der Waals surface area contributed by atoms with Gasteiger partial charge in [0.05, 0.1) is 0 Å². The minimum Gasteiger partial charge on any atom is -0.314 e. The van der Waals surface area contributed by atoms with Crippen molar-refractivity contribution >= 4 is 0 Å². The van der Waals surface area contributed by atoms with Gasteiger partial charge in [-0.25, -0.2) is 0 Å². The van der Waals surface area contributed by atoms with Crippen LogP contribution in [0.5, 0.6) is 0 Å². The molecule has 1 atom stereocenters. The van der Waals surface area contributed by atoms with Crippen molar-refractivity contribution in [2.45, 2.75) is 38.6 Å². The van der Waals surface area contributed by atoms with E-state index >= 15 is 0 Å². The summed E-state index contributed by atoms with van der Waals surface area (Å²) in [5.41, 5.74) is 0. The van der Waals surface area contributed by atoms with Crippen molar-refractivity contribution in [1.29, 1.82) is 0 Å². The van der Waals surface area contributed by atoms with Gasteiger partial charge >= 0.3 is 0 Å². The first-order valence-electron chi connectivity index (χ1n) is 4.72. The van der Waals surface area contributed by atoms with Crippen LogP contribution in [0.2, 0.25) is 0 Å². The summed E-state index contributed by atoms with van der Waals surface area (Å²) in [6, 6.07) is 0.776. The van der Waals surface area contributed by atoms with Gasteiger partial charge in [0.2, 0.25) is 0 Å². The standard InChI is InChI=1S/C10H19N/c1-3-5-6-10(11-4-2)9-7-8-9/h3,9-11H,1,4-8H2,2H3. The zero-order valence-corrected chi connectivity index (χ0v) is 7.47. The van der Waals surface area contributed by atoms with Crippen LogP contribution in [-0.4, -0.2) is 12.6 Å². The fraction of sp³-hybridized carbons (Fsp3) is 0.800. The monoisotopic (exact) mass is 153 g/mol. The van der Waals surface area contributed by atoms with Gasteiger partial charge < -0.3 is 5.32 Å². The third-order valence-electron chi connectivity index (χ3n) is 2.34. The lowest BCUT2D eigenvalue weighted by Gasteiger charge is -2.15. The van der Waals surface area contributed by atoms with E-state index in [1.165, 1.54) is 19.3 Å². The fourth-order valence-electron chi connectivity index (χ4n) is 1.56. The van der Waals surface area contributed by atoms with Gasteiger partial charge in [0.15, 0.2) is 0 Å². The molecule has 1 unspecified atom stereocenters. The third-order valence-corrected chi connectivity index (χ3v) is 2.34. The van der Waals surface area contributed by atoms with Gasteiger partial charge in [-0.15, -0.1) is 6.58 Å². The highest BCUT2D eigenvalue weighted by Crippen LogP contribution is 2.34. The summed E-state index contributed by atoms with van der Waals surface area (Å²) < 4.78 is 0. The van der Waals surface area contributed by atoms with E-state index in [0.717, 1.165) is 24.9 Å². The maximum Gasteiger partial charge on any atom is 0.00981 e. The molecular formula is C10H19N. The van der Waals surface area contributed by atoms with E-state index in [1.54, 1.807) is 0 Å². The van der Waals surface area contributed by atoms with Crippen LogP contribution in [0.4, 0.5) is 0 Å². The van der Waals surface area contributed by atoms with Gasteiger partial charge in [-0.2, -0.15) is 0 Å². The van der Waals surface area contributed by atoms with Gasteiger partial charge in [-0.3, -0.25) is 0 Å². The molecule has 0 heterocycles. The average molecular weight is 153 g/mol. The molecule has 0 aliphatic heterocycles. The lowest BCUT2D eigenvalue weighted by Crippen LogP contribution is -2.30. The molecular weight excluding hydrogens is 134 g/mol. The van der Waals surface area contributed by atoms with Crippen molar-refractivity contribution in [3.63, 3.8) is 0 Å². The summed E-state index contributed by atoms with van der Waals surface area (Å²) in [7, 11) is 0. The van der Waals surface area contributed by atoms with Gasteiger partial charge in [0.1, 0.15) is 0 Å². The topological polar surface area (TPSA) is 12.0 Å². The number of allylic oxidation sites excluding steroid dienone is 1. The molecule has 64 valence electrons. The van der Waals surface area contributed by atoms with Gasteiger partial charge in [0.25, 0.3) is 0 Å². The van der Waals surface area contributed by atoms with Crippen LogP contribution >= 0.6 is 0 Å². The second-order valence-corrected chi connectivity index (χ2v) is 3.37. The summed E-state index contributed by atoms with van der Waals surface area (Å²) in [5.74, 6) is 0.981. The molecule has 1 fully saturated rings. The Morgan fingerprint density at radius 2 is 2.36 bits per heavy atom. The molecule has 0 aromatic heterocycles. The molecule has 1 aliphatic carbocycles. The zero-order valence-electron chi connectivity index (χ0n) is 7.47. The Hall–Kier alpha value is -0.300. The molecule has 11 heavy (non-hydrogen) atoms. The fourth-order valence-corrected chi connectivity index (χ4v) is 1.56. The minimum atomic E-state index is 0.776. The van der Waals surface area contributed by atoms with Gasteiger partial charge in [-0.1, -0.05) is 13.0 Å². The zero-order chi connectivity index (χ0) is 8.10. The van der Waals surface area contributed by atoms with Gasteiger partial charge in [0, 0.05) is 6.04 Å². The summed E-state index contributed by atoms with van der Waals surface area (Å²) in [5, 5.41) is 3.53. The Kier molecular flexibility index (Phi) is 3.64. The van der Waals surface area contributed by atoms with Crippen LogP contribution in [-0.2, 0) is 0 Å². The molecule has 1 rings (SSSR count). The highest BCUT2D eigenvalue weighted by molar-refractivity contribution is 4.87. The number of hydrogen-bond acceptors (Lipinski definition) is 1. The SMILES string of the molecule is C=CCCC(NCC)C1CC1. The quantitative estimate of drug-likeness (QED) is 0.577. The van der Waals surface area contributed by atoms with Crippen LogP contribution in [0.1, 0.15) is 32.6 Å². The average Bonchev–Trinajstić information content (AvgIpc) is 2.80. The first-order valence-corrected chi connectivity index (χ1v) is 4.72. The molecule has 0 bridgehead atoms. The lowest BCUT2D eigenvalue weighted by molar-refractivity contribution is 0.449. The Labute approximate surface area is 69.9 Å². The first-order chi connectivity index (χ1) is 5.38. The molecule has 0 saturated heterocycles. The molecule has 0 aromatic rings. The van der Waals surface area contributed by atoms with Crippen molar-refractivity contribution in [2.75, 3.05) is 6.54 Å². The smallest absolute Gasteiger partial charge is 0.00981 e. The van der Waals surface area contributed by atoms with Crippen molar-refractivity contribution in [3.8, 4) is 0 Å². The molecule has 0 spiro atoms. The summed E-state index contributed by atoms with van der Waals surface area (Å²) in [6.45, 7) is 7.04. The Morgan fingerprint density at radius 1 is 1.64 bits per heavy atom. The normalized spacial score (nSPS) is 19.7. The lowest BCUT2D eigenvalue weighted by atomic mass is 10.1. The molecule has 1 heteroatoms. The Balaban J connectivity index is 2.14. The Morgan fingerprint density at radius 3 is 2.82 bits per heavy atom. The van der Waals surface area contributed by atoms with Crippen molar-refractivity contribution < 1.29 is 0 Å². The Bertz CT molecular complexity index is 116. The van der Waals surface area contributed by atoms with E-state index in [2.05, 4.69) is 18.8 Å². The predicted octanol–water partition coefficient (Wildman–Crippen LogP) is 2.34. The maximum absolute atomic E-state index is 3.74. The highest BCUT2D eigenvalue weighted by atomic mass is 14.9. The molecule has 0 aromatic carbocycles. The van der Waals surface area contributed by atoms with Crippen molar-refractivity contribution in [2.24, 2.45) is 5.92 Å². The molecule has 1 aliphatic rings. The second-order valence-electron chi connectivity index (χ2n) is 3.37. The highest BCUT2D eigenvalue weighted by Gasteiger charge is 2.29. The van der Waals surface area contributed by atoms with E-state index in [-0.39, 0.29) is 0 Å². The van der Waals surface area contributed by atoms with Crippen LogP contribution in [0.15, 0.2) is 12.7 Å². The number of hydrogen-bond donors (Lipinski definition) is 1. The van der Waals surface area contributed by atoms with E-state index < -0.39 is 0 Å². The maximum atomic E-state index is 3.74. The van der Waals surface area contributed by atoms with E-state index in [9.17, 15) is 0 Å². The first kappa shape index (κ1) is 8.79. The molecule has 1 nitrogen and oxygen atoms in total.